The zero-order valence-corrected chi connectivity index (χ0v) is 22.0. The summed E-state index contributed by atoms with van der Waals surface area (Å²) in [7, 11) is 0. The minimum Gasteiger partial charge on any atom is -0.494 e. The predicted octanol–water partition coefficient (Wildman–Crippen LogP) is 5.28. The molecule has 0 atom stereocenters. The molecule has 0 aromatic heterocycles. The predicted molar refractivity (Wildman–Crippen MR) is 137 cm³/mol. The van der Waals surface area contributed by atoms with Crippen molar-refractivity contribution in [3.05, 3.63) is 72.9 Å². The third kappa shape index (κ3) is 12.4. The van der Waals surface area contributed by atoms with Crippen LogP contribution < -0.4 is 9.47 Å². The summed E-state index contributed by atoms with van der Waals surface area (Å²) in [4.78, 5) is 44.4. The van der Waals surface area contributed by atoms with E-state index >= 15 is 0 Å². The summed E-state index contributed by atoms with van der Waals surface area (Å²) in [5.74, 6) is -0.318. The lowest BCUT2D eigenvalue weighted by Gasteiger charge is -2.14. The van der Waals surface area contributed by atoms with E-state index in [0.717, 1.165) is 25.7 Å². The van der Waals surface area contributed by atoms with Gasteiger partial charge < -0.3 is 18.9 Å². The summed E-state index contributed by atoms with van der Waals surface area (Å²) < 4.78 is 21.6. The molecule has 0 fully saturated rings. The van der Waals surface area contributed by atoms with E-state index in [2.05, 4.69) is 20.8 Å². The standard InChI is InChI=1S/C28H36O10/c1-4-7-17-33-24-13-9-22(10-14-24)27(29)37-35-26(21-32-20-19-31-6-3)36-38-28(30)23-11-15-25(16-12-23)34-18-8-5-2/h9-16H,3-8,17-21H2,1-2H3. The second-order valence-electron chi connectivity index (χ2n) is 7.90. The van der Waals surface area contributed by atoms with Crippen LogP contribution in [-0.4, -0.2) is 51.6 Å². The summed E-state index contributed by atoms with van der Waals surface area (Å²) in [5, 5.41) is 0. The molecule has 0 aliphatic rings. The molecule has 0 saturated heterocycles. The van der Waals surface area contributed by atoms with Crippen molar-refractivity contribution in [2.45, 2.75) is 39.5 Å². The second-order valence-corrected chi connectivity index (χ2v) is 7.90. The zero-order valence-electron chi connectivity index (χ0n) is 22.0. The number of hydrogen-bond acceptors (Lipinski definition) is 10. The van der Waals surface area contributed by atoms with Crippen molar-refractivity contribution >= 4 is 11.9 Å². The van der Waals surface area contributed by atoms with Crippen LogP contribution in [0.25, 0.3) is 0 Å². The van der Waals surface area contributed by atoms with Gasteiger partial charge in [-0.15, -0.1) is 9.78 Å². The highest BCUT2D eigenvalue weighted by atomic mass is 17.3. The number of carbonyl (C=O) groups excluding carboxylic acids is 2. The van der Waals surface area contributed by atoms with Crippen LogP contribution >= 0.6 is 0 Å². The molecule has 2 aromatic rings. The first-order valence-corrected chi connectivity index (χ1v) is 12.6. The van der Waals surface area contributed by atoms with Gasteiger partial charge in [-0.05, 0) is 68.3 Å². The van der Waals surface area contributed by atoms with Gasteiger partial charge in [0.2, 0.25) is 0 Å². The van der Waals surface area contributed by atoms with Crippen molar-refractivity contribution in [3.63, 3.8) is 0 Å². The first kappa shape index (κ1) is 31.0. The van der Waals surface area contributed by atoms with Crippen molar-refractivity contribution in [1.82, 2.24) is 0 Å². The van der Waals surface area contributed by atoms with Gasteiger partial charge in [-0.2, -0.15) is 0 Å². The molecule has 0 unspecified atom stereocenters. The highest BCUT2D eigenvalue weighted by Gasteiger charge is 2.22. The summed E-state index contributed by atoms with van der Waals surface area (Å²) in [6.07, 6.45) is 3.50. The second kappa shape index (κ2) is 19.0. The van der Waals surface area contributed by atoms with Gasteiger partial charge in [-0.25, -0.2) is 9.59 Å². The molecular formula is C28H36O10. The van der Waals surface area contributed by atoms with Gasteiger partial charge in [-0.1, -0.05) is 26.7 Å². The van der Waals surface area contributed by atoms with Gasteiger partial charge >= 0.3 is 18.2 Å². The SMILES string of the molecule is [CH2]COCCOC[C](OOC(=O)c1ccc(OCCCC)cc1)OOC(=O)c1ccc(OCCCC)cc1. The van der Waals surface area contributed by atoms with Crippen molar-refractivity contribution in [2.75, 3.05) is 39.6 Å². The highest BCUT2D eigenvalue weighted by Crippen LogP contribution is 2.17. The van der Waals surface area contributed by atoms with E-state index < -0.39 is 18.2 Å². The van der Waals surface area contributed by atoms with Crippen LogP contribution in [0.2, 0.25) is 0 Å². The maximum atomic E-state index is 12.4. The molecule has 0 saturated carbocycles. The third-order valence-electron chi connectivity index (χ3n) is 4.87. The van der Waals surface area contributed by atoms with Crippen LogP contribution in [-0.2, 0) is 29.0 Å². The fraction of sp³-hybridized carbons (Fsp3) is 0.429. The van der Waals surface area contributed by atoms with Crippen LogP contribution in [0.1, 0.15) is 60.2 Å². The summed E-state index contributed by atoms with van der Waals surface area (Å²) in [6, 6.07) is 12.8. The molecule has 10 nitrogen and oxygen atoms in total. The lowest BCUT2D eigenvalue weighted by molar-refractivity contribution is -0.368. The Balaban J connectivity index is 1.87. The lowest BCUT2D eigenvalue weighted by atomic mass is 10.2. The average molecular weight is 533 g/mol. The fourth-order valence-electron chi connectivity index (χ4n) is 2.75. The van der Waals surface area contributed by atoms with Crippen molar-refractivity contribution < 1.29 is 48.1 Å². The van der Waals surface area contributed by atoms with Gasteiger partial charge in [0.1, 0.15) is 18.1 Å². The van der Waals surface area contributed by atoms with Crippen LogP contribution in [0, 0.1) is 13.2 Å². The maximum Gasteiger partial charge on any atom is 0.373 e. The molecule has 0 aliphatic carbocycles. The number of benzene rings is 2. The number of carbonyl (C=O) groups is 2. The summed E-state index contributed by atoms with van der Waals surface area (Å²) in [6.45, 7) is 9.32. The Morgan fingerprint density at radius 3 is 1.50 bits per heavy atom. The molecule has 0 amide bonds. The lowest BCUT2D eigenvalue weighted by Crippen LogP contribution is -2.21. The number of hydrogen-bond donors (Lipinski definition) is 0. The van der Waals surface area contributed by atoms with Crippen LogP contribution in [0.3, 0.4) is 0 Å². The smallest absolute Gasteiger partial charge is 0.373 e. The minimum absolute atomic E-state index is 0.173. The minimum atomic E-state index is -0.795. The summed E-state index contributed by atoms with van der Waals surface area (Å²) >= 11 is 0. The monoisotopic (exact) mass is 532 g/mol. The molecule has 0 heterocycles. The molecule has 0 bridgehead atoms. The Labute approximate surface area is 223 Å². The van der Waals surface area contributed by atoms with Crippen LogP contribution in [0.5, 0.6) is 11.5 Å². The van der Waals surface area contributed by atoms with E-state index in [9.17, 15) is 9.59 Å². The van der Waals surface area contributed by atoms with E-state index in [4.69, 9.17) is 38.5 Å². The highest BCUT2D eigenvalue weighted by molar-refractivity contribution is 5.89. The fourth-order valence-corrected chi connectivity index (χ4v) is 2.75. The van der Waals surface area contributed by atoms with Gasteiger partial charge in [-0.3, -0.25) is 9.78 Å². The normalized spacial score (nSPS) is 10.8. The Morgan fingerprint density at radius 1 is 0.632 bits per heavy atom. The van der Waals surface area contributed by atoms with Crippen LogP contribution in [0.4, 0.5) is 0 Å². The van der Waals surface area contributed by atoms with E-state index in [-0.39, 0.29) is 37.6 Å². The zero-order chi connectivity index (χ0) is 27.4. The van der Waals surface area contributed by atoms with E-state index in [1.54, 1.807) is 24.3 Å². The largest absolute Gasteiger partial charge is 0.494 e. The van der Waals surface area contributed by atoms with Gasteiger partial charge in [0.05, 0.1) is 37.6 Å². The number of rotatable bonds is 20. The van der Waals surface area contributed by atoms with E-state index in [0.29, 0.717) is 24.7 Å². The molecule has 38 heavy (non-hydrogen) atoms. The Morgan fingerprint density at radius 2 is 1.08 bits per heavy atom. The average Bonchev–Trinajstić information content (AvgIpc) is 2.94. The molecule has 0 spiro atoms. The quantitative estimate of drug-likeness (QED) is 0.127. The maximum absolute atomic E-state index is 12.4. The molecule has 0 aliphatic heterocycles. The van der Waals surface area contributed by atoms with E-state index in [1.165, 1.54) is 24.3 Å². The topological polar surface area (TPSA) is 108 Å². The molecule has 0 N–H and O–H groups in total. The number of unbranched alkanes of at least 4 members (excludes halogenated alkanes) is 2. The van der Waals surface area contributed by atoms with E-state index in [1.807, 2.05) is 0 Å². The molecule has 2 radical (unpaired) electrons. The molecule has 2 rings (SSSR count). The van der Waals surface area contributed by atoms with Crippen molar-refractivity contribution in [1.29, 1.82) is 0 Å². The van der Waals surface area contributed by atoms with Gasteiger partial charge in [0.15, 0.2) is 0 Å². The van der Waals surface area contributed by atoms with Gasteiger partial charge in [0, 0.05) is 6.61 Å². The van der Waals surface area contributed by atoms with Crippen LogP contribution in [0.15, 0.2) is 48.5 Å². The van der Waals surface area contributed by atoms with Crippen molar-refractivity contribution in [2.24, 2.45) is 0 Å². The molecule has 208 valence electrons. The Bertz CT molecular complexity index is 845. The molecule has 2 aromatic carbocycles. The third-order valence-corrected chi connectivity index (χ3v) is 4.87. The Hall–Kier alpha value is -3.18. The first-order valence-electron chi connectivity index (χ1n) is 12.6. The number of ether oxygens (including phenoxy) is 4. The summed E-state index contributed by atoms with van der Waals surface area (Å²) in [5.41, 5.74) is 0.436. The Kier molecular flexibility index (Phi) is 15.5. The first-order chi connectivity index (χ1) is 18.6. The van der Waals surface area contributed by atoms with Gasteiger partial charge in [0.25, 0.3) is 0 Å². The molecular weight excluding hydrogens is 496 g/mol. The van der Waals surface area contributed by atoms with Crippen molar-refractivity contribution in [3.8, 4) is 11.5 Å². The molecule has 10 heteroatoms.